The van der Waals surface area contributed by atoms with Gasteiger partial charge in [0.05, 0.1) is 0 Å². The number of nitrogens with one attached hydrogen (secondary N) is 1. The topological polar surface area (TPSA) is 91.3 Å². The lowest BCUT2D eigenvalue weighted by molar-refractivity contribution is -0.127. The van der Waals surface area contributed by atoms with Crippen LogP contribution in [0.3, 0.4) is 0 Å². The predicted octanol–water partition coefficient (Wildman–Crippen LogP) is 2.05. The standard InChI is InChI=1S/C15H18N4OS.H2O/c1-15(2,3)13(20)12(19-10-16-9-17-19)14(21)18-11-7-5-4-6-8-11;/h4-10,12H,1-3H3,(H,18,21);1H2/t12-;/m0./s1. The largest absolute Gasteiger partial charge is 0.412 e. The molecule has 2 rings (SSSR count). The zero-order chi connectivity index (χ0) is 15.5. The van der Waals surface area contributed by atoms with Crippen LogP contribution in [-0.4, -0.2) is 31.0 Å². The summed E-state index contributed by atoms with van der Waals surface area (Å²) in [6, 6.07) is 8.85. The van der Waals surface area contributed by atoms with Crippen LogP contribution in [0.5, 0.6) is 0 Å². The van der Waals surface area contributed by atoms with Gasteiger partial charge in [0.1, 0.15) is 17.6 Å². The van der Waals surface area contributed by atoms with Gasteiger partial charge in [-0.3, -0.25) is 4.79 Å². The maximum Gasteiger partial charge on any atom is 0.169 e. The highest BCUT2D eigenvalue weighted by molar-refractivity contribution is 7.80. The molecule has 0 amide bonds. The van der Waals surface area contributed by atoms with Crippen LogP contribution in [0.25, 0.3) is 0 Å². The molecular formula is C15H20N4O2S. The van der Waals surface area contributed by atoms with E-state index in [0.717, 1.165) is 5.69 Å². The summed E-state index contributed by atoms with van der Waals surface area (Å²) in [5.74, 6) is -0.0126. The number of thiocarbonyl (C=S) groups is 1. The molecular weight excluding hydrogens is 300 g/mol. The van der Waals surface area contributed by atoms with E-state index in [1.54, 1.807) is 0 Å². The normalized spacial score (nSPS) is 12.1. The summed E-state index contributed by atoms with van der Waals surface area (Å²) in [5, 5.41) is 7.18. The van der Waals surface area contributed by atoms with Crippen molar-refractivity contribution in [2.24, 2.45) is 5.41 Å². The van der Waals surface area contributed by atoms with Crippen molar-refractivity contribution in [2.45, 2.75) is 26.8 Å². The minimum atomic E-state index is -0.664. The van der Waals surface area contributed by atoms with Crippen molar-refractivity contribution >= 4 is 28.7 Å². The van der Waals surface area contributed by atoms with Crippen LogP contribution in [0.1, 0.15) is 26.8 Å². The molecule has 0 saturated carbocycles. The Morgan fingerprint density at radius 1 is 1.27 bits per heavy atom. The van der Waals surface area contributed by atoms with Gasteiger partial charge in [0.25, 0.3) is 0 Å². The maximum atomic E-state index is 12.7. The van der Waals surface area contributed by atoms with Crippen molar-refractivity contribution < 1.29 is 10.3 Å². The van der Waals surface area contributed by atoms with E-state index in [2.05, 4.69) is 15.4 Å². The minimum absolute atomic E-state index is 0. The molecule has 0 aliphatic carbocycles. The van der Waals surface area contributed by atoms with Gasteiger partial charge >= 0.3 is 0 Å². The van der Waals surface area contributed by atoms with Crippen molar-refractivity contribution in [3.8, 4) is 0 Å². The fourth-order valence-electron chi connectivity index (χ4n) is 1.85. The van der Waals surface area contributed by atoms with Gasteiger partial charge < -0.3 is 10.8 Å². The lowest BCUT2D eigenvalue weighted by Crippen LogP contribution is -2.38. The predicted molar refractivity (Wildman–Crippen MR) is 89.8 cm³/mol. The molecule has 0 bridgehead atoms. The third-order valence-corrected chi connectivity index (χ3v) is 3.30. The van der Waals surface area contributed by atoms with E-state index in [1.165, 1.54) is 17.3 Å². The number of rotatable bonds is 4. The number of ketones is 1. The lowest BCUT2D eigenvalue weighted by atomic mass is 9.86. The maximum absolute atomic E-state index is 12.7. The van der Waals surface area contributed by atoms with Gasteiger partial charge in [0.2, 0.25) is 0 Å². The van der Waals surface area contributed by atoms with E-state index >= 15 is 0 Å². The molecule has 7 heteroatoms. The highest BCUT2D eigenvalue weighted by Gasteiger charge is 2.34. The summed E-state index contributed by atoms with van der Waals surface area (Å²) < 4.78 is 1.49. The molecule has 1 heterocycles. The second kappa shape index (κ2) is 7.24. The second-order valence-corrected chi connectivity index (χ2v) is 6.19. The first-order valence-corrected chi connectivity index (χ1v) is 7.05. The zero-order valence-corrected chi connectivity index (χ0v) is 13.6. The molecule has 22 heavy (non-hydrogen) atoms. The van der Waals surface area contributed by atoms with Crippen molar-refractivity contribution in [1.82, 2.24) is 14.8 Å². The zero-order valence-electron chi connectivity index (χ0n) is 12.8. The van der Waals surface area contributed by atoms with E-state index in [-0.39, 0.29) is 11.3 Å². The minimum Gasteiger partial charge on any atom is -0.412 e. The molecule has 0 radical (unpaired) electrons. The van der Waals surface area contributed by atoms with E-state index < -0.39 is 11.5 Å². The molecule has 2 aromatic rings. The number of carbonyl (C=O) groups excluding carboxylic acids is 1. The fourth-order valence-corrected chi connectivity index (χ4v) is 2.19. The monoisotopic (exact) mass is 320 g/mol. The van der Waals surface area contributed by atoms with Crippen LogP contribution in [0.15, 0.2) is 43.0 Å². The van der Waals surface area contributed by atoms with E-state index in [4.69, 9.17) is 12.2 Å². The third kappa shape index (κ3) is 4.19. The number of para-hydroxylation sites is 1. The Kier molecular flexibility index (Phi) is 5.90. The Morgan fingerprint density at radius 3 is 2.41 bits per heavy atom. The van der Waals surface area contributed by atoms with E-state index in [0.29, 0.717) is 4.99 Å². The Hall–Kier alpha value is -2.12. The van der Waals surface area contributed by atoms with Crippen LogP contribution < -0.4 is 5.32 Å². The van der Waals surface area contributed by atoms with Gasteiger partial charge in [-0.1, -0.05) is 51.2 Å². The van der Waals surface area contributed by atoms with Gasteiger partial charge in [0.15, 0.2) is 11.8 Å². The molecule has 0 spiro atoms. The average molecular weight is 320 g/mol. The van der Waals surface area contributed by atoms with Gasteiger partial charge in [-0.2, -0.15) is 5.10 Å². The average Bonchev–Trinajstić information content (AvgIpc) is 2.92. The number of aromatic nitrogens is 3. The molecule has 1 atom stereocenters. The molecule has 6 nitrogen and oxygen atoms in total. The van der Waals surface area contributed by atoms with Gasteiger partial charge in [-0.15, -0.1) is 0 Å². The number of nitrogens with zero attached hydrogens (tertiary/aromatic N) is 3. The van der Waals surface area contributed by atoms with Crippen LogP contribution in [0, 0.1) is 5.41 Å². The molecule has 0 fully saturated rings. The van der Waals surface area contributed by atoms with Crippen molar-refractivity contribution in [1.29, 1.82) is 0 Å². The molecule has 0 saturated heterocycles. The Balaban J connectivity index is 0.00000242. The lowest BCUT2D eigenvalue weighted by Gasteiger charge is -2.25. The van der Waals surface area contributed by atoms with Crippen LogP contribution in [0.2, 0.25) is 0 Å². The smallest absolute Gasteiger partial charge is 0.169 e. The summed E-state index contributed by atoms with van der Waals surface area (Å²) in [6.07, 6.45) is 2.90. The second-order valence-electron chi connectivity index (χ2n) is 5.75. The Bertz CT molecular complexity index is 621. The highest BCUT2D eigenvalue weighted by atomic mass is 32.1. The van der Waals surface area contributed by atoms with E-state index in [9.17, 15) is 4.79 Å². The van der Waals surface area contributed by atoms with Crippen LogP contribution in [0.4, 0.5) is 5.69 Å². The number of carbonyl (C=O) groups is 1. The summed E-state index contributed by atoms with van der Waals surface area (Å²) >= 11 is 5.43. The quantitative estimate of drug-likeness (QED) is 0.871. The van der Waals surface area contributed by atoms with E-state index in [1.807, 2.05) is 51.1 Å². The summed E-state index contributed by atoms with van der Waals surface area (Å²) in [5.41, 5.74) is 0.313. The number of hydrogen-bond donors (Lipinski definition) is 1. The van der Waals surface area contributed by atoms with Gasteiger partial charge in [-0.25, -0.2) is 9.67 Å². The number of Topliss-reactive ketones (excluding diaryl/α,β-unsaturated/α-hetero) is 1. The van der Waals surface area contributed by atoms with Gasteiger partial charge in [-0.05, 0) is 12.1 Å². The number of anilines is 1. The molecule has 0 aliphatic heterocycles. The Morgan fingerprint density at radius 2 is 1.91 bits per heavy atom. The fraction of sp³-hybridized carbons (Fsp3) is 0.333. The molecule has 3 N–H and O–H groups in total. The first-order chi connectivity index (χ1) is 9.89. The van der Waals surface area contributed by atoms with Crippen molar-refractivity contribution in [3.05, 3.63) is 43.0 Å². The number of hydrogen-bond acceptors (Lipinski definition) is 4. The third-order valence-electron chi connectivity index (χ3n) is 2.98. The van der Waals surface area contributed by atoms with Gasteiger partial charge in [0, 0.05) is 11.1 Å². The first kappa shape index (κ1) is 17.9. The van der Waals surface area contributed by atoms with Crippen molar-refractivity contribution in [2.75, 3.05) is 5.32 Å². The number of benzene rings is 1. The summed E-state index contributed by atoms with van der Waals surface area (Å²) in [7, 11) is 0. The summed E-state index contributed by atoms with van der Waals surface area (Å²) in [6.45, 7) is 5.60. The molecule has 118 valence electrons. The molecule has 1 aromatic carbocycles. The van der Waals surface area contributed by atoms with Crippen LogP contribution >= 0.6 is 12.2 Å². The first-order valence-electron chi connectivity index (χ1n) is 6.64. The molecule has 0 aliphatic rings. The molecule has 0 unspecified atom stereocenters. The Labute approximate surface area is 134 Å². The van der Waals surface area contributed by atoms with Crippen LogP contribution in [-0.2, 0) is 4.79 Å². The molecule has 1 aromatic heterocycles. The highest BCUT2D eigenvalue weighted by Crippen LogP contribution is 2.25. The summed E-state index contributed by atoms with van der Waals surface area (Å²) in [4.78, 5) is 17.0. The SMILES string of the molecule is CC(C)(C)C(=O)[C@@H](C(=S)Nc1ccccc1)n1cncn1.O. The van der Waals surface area contributed by atoms with Crippen molar-refractivity contribution in [3.63, 3.8) is 0 Å².